The summed E-state index contributed by atoms with van der Waals surface area (Å²) in [5.74, 6) is 1.01. The fourth-order valence-electron chi connectivity index (χ4n) is 3.64. The third kappa shape index (κ3) is 4.12. The van der Waals surface area contributed by atoms with Crippen LogP contribution in [0, 0.1) is 17.3 Å². The molecule has 0 N–H and O–H groups in total. The topological polar surface area (TPSA) is 26.3 Å². The van der Waals surface area contributed by atoms with E-state index in [4.69, 9.17) is 4.74 Å². The van der Waals surface area contributed by atoms with Gasteiger partial charge in [0.1, 0.15) is 0 Å². The van der Waals surface area contributed by atoms with Crippen molar-refractivity contribution in [2.24, 2.45) is 17.3 Å². The molecular formula is C20H30O2. The standard InChI is InChI=1S/C20H30O2/c1-14(2)11-19(21)22-13-20(5)17-10-9-15(3)7-6-8-16(4)12-18(17)20/h7,11-12,17-18H,6,8-10,13H2,1-5H3. The van der Waals surface area contributed by atoms with E-state index in [2.05, 4.69) is 32.9 Å². The van der Waals surface area contributed by atoms with Crippen molar-refractivity contribution in [3.8, 4) is 0 Å². The zero-order chi connectivity index (χ0) is 16.3. The van der Waals surface area contributed by atoms with Gasteiger partial charge in [-0.05, 0) is 65.2 Å². The molecular weight excluding hydrogens is 272 g/mol. The Balaban J connectivity index is 2.03. The molecule has 1 fully saturated rings. The Morgan fingerprint density at radius 1 is 1.32 bits per heavy atom. The molecule has 0 spiro atoms. The summed E-state index contributed by atoms with van der Waals surface area (Å²) in [6.07, 6.45) is 11.1. The molecule has 0 amide bonds. The van der Waals surface area contributed by atoms with Gasteiger partial charge in [-0.3, -0.25) is 0 Å². The highest BCUT2D eigenvalue weighted by Crippen LogP contribution is 2.62. The van der Waals surface area contributed by atoms with Gasteiger partial charge in [0.25, 0.3) is 0 Å². The summed E-state index contributed by atoms with van der Waals surface area (Å²) in [4.78, 5) is 11.8. The molecule has 3 unspecified atom stereocenters. The molecule has 0 aromatic rings. The van der Waals surface area contributed by atoms with Crippen LogP contribution in [-0.2, 0) is 9.53 Å². The molecule has 3 atom stereocenters. The van der Waals surface area contributed by atoms with Crippen LogP contribution >= 0.6 is 0 Å². The molecule has 22 heavy (non-hydrogen) atoms. The van der Waals surface area contributed by atoms with E-state index in [-0.39, 0.29) is 11.4 Å². The summed E-state index contributed by atoms with van der Waals surface area (Å²) in [5.41, 5.74) is 4.09. The smallest absolute Gasteiger partial charge is 0.330 e. The van der Waals surface area contributed by atoms with Gasteiger partial charge >= 0.3 is 5.97 Å². The molecule has 2 aliphatic rings. The number of fused-ring (bicyclic) bond motifs is 1. The molecule has 2 aliphatic carbocycles. The second-order valence-electron chi connectivity index (χ2n) is 7.61. The van der Waals surface area contributed by atoms with Crippen molar-refractivity contribution in [3.63, 3.8) is 0 Å². The molecule has 2 rings (SSSR count). The summed E-state index contributed by atoms with van der Waals surface area (Å²) in [7, 11) is 0. The van der Waals surface area contributed by atoms with Crippen molar-refractivity contribution in [2.45, 2.75) is 60.3 Å². The number of allylic oxidation sites excluding steroid dienone is 5. The van der Waals surface area contributed by atoms with E-state index in [0.717, 1.165) is 18.4 Å². The van der Waals surface area contributed by atoms with Crippen LogP contribution in [0.4, 0.5) is 0 Å². The molecule has 0 radical (unpaired) electrons. The molecule has 122 valence electrons. The molecule has 0 heterocycles. The van der Waals surface area contributed by atoms with Crippen LogP contribution in [0.3, 0.4) is 0 Å². The predicted molar refractivity (Wildman–Crippen MR) is 91.5 cm³/mol. The van der Waals surface area contributed by atoms with Gasteiger partial charge in [-0.2, -0.15) is 0 Å². The lowest BCUT2D eigenvalue weighted by atomic mass is 10.0. The van der Waals surface area contributed by atoms with Crippen molar-refractivity contribution in [1.82, 2.24) is 0 Å². The van der Waals surface area contributed by atoms with Gasteiger partial charge in [-0.1, -0.05) is 35.8 Å². The molecule has 0 saturated heterocycles. The molecule has 0 aromatic heterocycles. The van der Waals surface area contributed by atoms with Crippen molar-refractivity contribution in [1.29, 1.82) is 0 Å². The highest BCUT2D eigenvalue weighted by atomic mass is 16.5. The molecule has 0 bridgehead atoms. The Morgan fingerprint density at radius 3 is 2.73 bits per heavy atom. The van der Waals surface area contributed by atoms with Gasteiger partial charge in [0.15, 0.2) is 0 Å². The minimum absolute atomic E-state index is 0.122. The summed E-state index contributed by atoms with van der Waals surface area (Å²) in [6.45, 7) is 11.1. The summed E-state index contributed by atoms with van der Waals surface area (Å²) in [5, 5.41) is 0. The summed E-state index contributed by atoms with van der Waals surface area (Å²) in [6, 6.07) is 0. The largest absolute Gasteiger partial charge is 0.462 e. The number of rotatable bonds is 3. The summed E-state index contributed by atoms with van der Waals surface area (Å²) < 4.78 is 5.52. The molecule has 2 heteroatoms. The van der Waals surface area contributed by atoms with Crippen LogP contribution < -0.4 is 0 Å². The minimum Gasteiger partial charge on any atom is -0.462 e. The third-order valence-corrected chi connectivity index (χ3v) is 5.21. The molecule has 0 aliphatic heterocycles. The maximum Gasteiger partial charge on any atom is 0.330 e. The van der Waals surface area contributed by atoms with Crippen molar-refractivity contribution in [3.05, 3.63) is 34.9 Å². The predicted octanol–water partition coefficient (Wildman–Crippen LogP) is 5.21. The lowest BCUT2D eigenvalue weighted by Crippen LogP contribution is -2.14. The molecule has 2 nitrogen and oxygen atoms in total. The van der Waals surface area contributed by atoms with Crippen molar-refractivity contribution >= 4 is 5.97 Å². The Hall–Kier alpha value is -1.31. The number of carbonyl (C=O) groups excluding carboxylic acids is 1. The van der Waals surface area contributed by atoms with E-state index < -0.39 is 0 Å². The SMILES string of the molecule is CC(C)=CC(=O)OCC1(C)C2C=C(C)CCC=C(C)CCC21. The number of esters is 1. The quantitative estimate of drug-likeness (QED) is 0.406. The first-order chi connectivity index (χ1) is 10.3. The normalized spacial score (nSPS) is 31.3. The van der Waals surface area contributed by atoms with Gasteiger partial charge in [0, 0.05) is 11.5 Å². The zero-order valence-electron chi connectivity index (χ0n) is 14.7. The fraction of sp³-hybridized carbons (Fsp3) is 0.650. The summed E-state index contributed by atoms with van der Waals surface area (Å²) >= 11 is 0. The monoisotopic (exact) mass is 302 g/mol. The van der Waals surface area contributed by atoms with Crippen LogP contribution in [0.5, 0.6) is 0 Å². The van der Waals surface area contributed by atoms with Gasteiger partial charge in [0.2, 0.25) is 0 Å². The number of hydrogen-bond acceptors (Lipinski definition) is 2. The van der Waals surface area contributed by atoms with Gasteiger partial charge in [-0.15, -0.1) is 0 Å². The first kappa shape index (κ1) is 17.1. The van der Waals surface area contributed by atoms with E-state index in [9.17, 15) is 4.79 Å². The molecule has 0 aromatic carbocycles. The zero-order valence-corrected chi connectivity index (χ0v) is 14.7. The third-order valence-electron chi connectivity index (χ3n) is 5.21. The Kier molecular flexibility index (Phi) is 5.31. The maximum atomic E-state index is 11.8. The second kappa shape index (κ2) is 6.85. The van der Waals surface area contributed by atoms with Crippen LogP contribution in [0.1, 0.15) is 60.3 Å². The lowest BCUT2D eigenvalue weighted by molar-refractivity contribution is -0.139. The van der Waals surface area contributed by atoms with Gasteiger partial charge in [0.05, 0.1) is 6.61 Å². The maximum absolute atomic E-state index is 11.8. The van der Waals surface area contributed by atoms with Crippen molar-refractivity contribution < 1.29 is 9.53 Å². The van der Waals surface area contributed by atoms with Gasteiger partial charge < -0.3 is 4.74 Å². The van der Waals surface area contributed by atoms with Crippen LogP contribution in [0.15, 0.2) is 34.9 Å². The lowest BCUT2D eigenvalue weighted by Gasteiger charge is -2.12. The van der Waals surface area contributed by atoms with Gasteiger partial charge in [-0.25, -0.2) is 4.79 Å². The first-order valence-corrected chi connectivity index (χ1v) is 8.47. The average molecular weight is 302 g/mol. The Bertz CT molecular complexity index is 520. The number of hydrogen-bond donors (Lipinski definition) is 0. The first-order valence-electron chi connectivity index (χ1n) is 8.47. The van der Waals surface area contributed by atoms with E-state index >= 15 is 0 Å². The van der Waals surface area contributed by atoms with Crippen LogP contribution in [0.25, 0.3) is 0 Å². The Labute approximate surface area is 135 Å². The highest BCUT2D eigenvalue weighted by molar-refractivity contribution is 5.82. The second-order valence-corrected chi connectivity index (χ2v) is 7.61. The highest BCUT2D eigenvalue weighted by Gasteiger charge is 2.59. The van der Waals surface area contributed by atoms with E-state index in [1.165, 1.54) is 24.0 Å². The minimum atomic E-state index is -0.202. The van der Waals surface area contributed by atoms with Crippen LogP contribution in [-0.4, -0.2) is 12.6 Å². The Morgan fingerprint density at radius 2 is 2.05 bits per heavy atom. The fourth-order valence-corrected chi connectivity index (χ4v) is 3.64. The van der Waals surface area contributed by atoms with Crippen LogP contribution in [0.2, 0.25) is 0 Å². The average Bonchev–Trinajstić information content (AvgIpc) is 2.97. The van der Waals surface area contributed by atoms with E-state index in [1.54, 1.807) is 6.08 Å². The van der Waals surface area contributed by atoms with E-state index in [0.29, 0.717) is 18.4 Å². The molecule has 1 saturated carbocycles. The number of carbonyl (C=O) groups is 1. The van der Waals surface area contributed by atoms with E-state index in [1.807, 2.05) is 13.8 Å². The number of ether oxygens (including phenoxy) is 1. The van der Waals surface area contributed by atoms with Crippen molar-refractivity contribution in [2.75, 3.05) is 6.61 Å².